The SMILES string of the molecule is O=C1N(CC2CC2)CCC[C@@]12CCN(CCCC(F)(F)F)C2. The number of piperidine rings is 1. The van der Waals surface area contributed by atoms with Crippen LogP contribution in [0.15, 0.2) is 0 Å². The highest BCUT2D eigenvalue weighted by molar-refractivity contribution is 5.84. The van der Waals surface area contributed by atoms with Gasteiger partial charge in [-0.15, -0.1) is 0 Å². The molecule has 3 fully saturated rings. The van der Waals surface area contributed by atoms with E-state index in [1.807, 2.05) is 4.90 Å². The van der Waals surface area contributed by atoms with Crippen LogP contribution >= 0.6 is 0 Å². The molecule has 0 unspecified atom stereocenters. The summed E-state index contributed by atoms with van der Waals surface area (Å²) in [6.45, 7) is 3.64. The van der Waals surface area contributed by atoms with Crippen LogP contribution in [0.1, 0.15) is 44.9 Å². The Balaban J connectivity index is 1.51. The molecule has 0 aromatic heterocycles. The molecule has 22 heavy (non-hydrogen) atoms. The normalized spacial score (nSPS) is 30.5. The van der Waals surface area contributed by atoms with Crippen molar-refractivity contribution >= 4 is 5.91 Å². The Kier molecular flexibility index (Phi) is 4.40. The van der Waals surface area contributed by atoms with E-state index >= 15 is 0 Å². The predicted octanol–water partition coefficient (Wildman–Crippen LogP) is 3.05. The first-order valence-electron chi connectivity index (χ1n) is 8.46. The van der Waals surface area contributed by atoms with Crippen LogP contribution in [0.4, 0.5) is 13.2 Å². The number of halogens is 3. The Bertz CT molecular complexity index is 422. The molecule has 3 rings (SSSR count). The molecule has 2 saturated heterocycles. The number of amides is 1. The summed E-state index contributed by atoms with van der Waals surface area (Å²) < 4.78 is 36.7. The van der Waals surface area contributed by atoms with E-state index in [9.17, 15) is 18.0 Å². The number of hydrogen-bond acceptors (Lipinski definition) is 2. The highest BCUT2D eigenvalue weighted by Crippen LogP contribution is 2.41. The van der Waals surface area contributed by atoms with Gasteiger partial charge in [-0.25, -0.2) is 0 Å². The Morgan fingerprint density at radius 3 is 2.64 bits per heavy atom. The lowest BCUT2D eigenvalue weighted by molar-refractivity contribution is -0.146. The van der Waals surface area contributed by atoms with Crippen LogP contribution in [0, 0.1) is 11.3 Å². The number of likely N-dealkylation sites (tertiary alicyclic amines) is 2. The molecule has 1 atom stereocenters. The van der Waals surface area contributed by atoms with Gasteiger partial charge < -0.3 is 9.80 Å². The number of alkyl halides is 3. The minimum atomic E-state index is -4.07. The molecule has 3 aliphatic rings. The highest BCUT2D eigenvalue weighted by atomic mass is 19.4. The number of rotatable bonds is 5. The van der Waals surface area contributed by atoms with Crippen LogP contribution in [0.3, 0.4) is 0 Å². The molecule has 1 spiro atoms. The van der Waals surface area contributed by atoms with Crippen LogP contribution in [0.5, 0.6) is 0 Å². The summed E-state index contributed by atoms with van der Waals surface area (Å²) in [7, 11) is 0. The fraction of sp³-hybridized carbons (Fsp3) is 0.938. The summed E-state index contributed by atoms with van der Waals surface area (Å²) in [5, 5.41) is 0. The highest BCUT2D eigenvalue weighted by Gasteiger charge is 2.48. The summed E-state index contributed by atoms with van der Waals surface area (Å²) in [5.41, 5.74) is -0.300. The van der Waals surface area contributed by atoms with Gasteiger partial charge in [0.1, 0.15) is 0 Å². The molecule has 0 radical (unpaired) electrons. The molecule has 0 N–H and O–H groups in total. The van der Waals surface area contributed by atoms with Gasteiger partial charge in [0.15, 0.2) is 0 Å². The molecule has 2 aliphatic heterocycles. The van der Waals surface area contributed by atoms with E-state index in [1.165, 1.54) is 12.8 Å². The second kappa shape index (κ2) is 6.02. The van der Waals surface area contributed by atoms with Gasteiger partial charge in [0, 0.05) is 26.1 Å². The first kappa shape index (κ1) is 16.1. The molecule has 2 heterocycles. The quantitative estimate of drug-likeness (QED) is 0.778. The van der Waals surface area contributed by atoms with E-state index in [4.69, 9.17) is 0 Å². The van der Waals surface area contributed by atoms with Gasteiger partial charge in [-0.3, -0.25) is 4.79 Å². The van der Waals surface area contributed by atoms with Gasteiger partial charge in [0.2, 0.25) is 5.91 Å². The first-order chi connectivity index (χ1) is 10.4. The fourth-order valence-corrected chi connectivity index (χ4v) is 3.97. The lowest BCUT2D eigenvalue weighted by Gasteiger charge is -2.39. The van der Waals surface area contributed by atoms with Crippen molar-refractivity contribution in [2.24, 2.45) is 11.3 Å². The average Bonchev–Trinajstić information content (AvgIpc) is 3.15. The van der Waals surface area contributed by atoms with E-state index in [2.05, 4.69) is 4.90 Å². The van der Waals surface area contributed by atoms with Crippen LogP contribution in [0.25, 0.3) is 0 Å². The second-order valence-corrected chi connectivity index (χ2v) is 7.32. The topological polar surface area (TPSA) is 23.6 Å². The molecule has 126 valence electrons. The Hall–Kier alpha value is -0.780. The lowest BCUT2D eigenvalue weighted by Crippen LogP contribution is -2.50. The summed E-state index contributed by atoms with van der Waals surface area (Å²) in [5.74, 6) is 0.965. The molecular formula is C16H25F3N2O. The largest absolute Gasteiger partial charge is 0.389 e. The van der Waals surface area contributed by atoms with Crippen molar-refractivity contribution in [3.8, 4) is 0 Å². The van der Waals surface area contributed by atoms with Crippen molar-refractivity contribution in [1.82, 2.24) is 9.80 Å². The molecule has 6 heteroatoms. The monoisotopic (exact) mass is 318 g/mol. The molecule has 0 bridgehead atoms. The van der Waals surface area contributed by atoms with Gasteiger partial charge in [0.25, 0.3) is 0 Å². The minimum Gasteiger partial charge on any atom is -0.342 e. The zero-order chi connectivity index (χ0) is 15.8. The summed E-state index contributed by atoms with van der Waals surface area (Å²) in [6.07, 6.45) is 0.578. The van der Waals surface area contributed by atoms with Crippen molar-refractivity contribution in [3.63, 3.8) is 0 Å². The van der Waals surface area contributed by atoms with Crippen molar-refractivity contribution < 1.29 is 18.0 Å². The van der Waals surface area contributed by atoms with E-state index < -0.39 is 12.6 Å². The van der Waals surface area contributed by atoms with Gasteiger partial charge in [-0.2, -0.15) is 13.2 Å². The van der Waals surface area contributed by atoms with Gasteiger partial charge in [-0.05, 0) is 57.5 Å². The molecule has 1 saturated carbocycles. The molecular weight excluding hydrogens is 293 g/mol. The van der Waals surface area contributed by atoms with E-state index in [-0.39, 0.29) is 17.7 Å². The van der Waals surface area contributed by atoms with Crippen LogP contribution in [0.2, 0.25) is 0 Å². The minimum absolute atomic E-state index is 0.138. The summed E-state index contributed by atoms with van der Waals surface area (Å²) >= 11 is 0. The standard InChI is InChI=1S/C16H25F3N2O/c17-16(18,19)6-2-8-20-10-7-15(12-20)5-1-9-21(14(15)22)11-13-3-4-13/h13H,1-12H2/t15-/m0/s1. The summed E-state index contributed by atoms with van der Waals surface area (Å²) in [4.78, 5) is 16.9. The van der Waals surface area contributed by atoms with Crippen molar-refractivity contribution in [2.75, 3.05) is 32.7 Å². The van der Waals surface area contributed by atoms with Crippen LogP contribution in [-0.2, 0) is 4.79 Å². The summed E-state index contributed by atoms with van der Waals surface area (Å²) in [6, 6.07) is 0. The maximum atomic E-state index is 12.8. The van der Waals surface area contributed by atoms with E-state index in [0.717, 1.165) is 38.9 Å². The molecule has 0 aromatic rings. The van der Waals surface area contributed by atoms with Crippen LogP contribution in [-0.4, -0.2) is 54.6 Å². The zero-order valence-corrected chi connectivity index (χ0v) is 13.0. The fourth-order valence-electron chi connectivity index (χ4n) is 3.97. The number of carbonyl (C=O) groups is 1. The van der Waals surface area contributed by atoms with Crippen molar-refractivity contribution in [2.45, 2.75) is 51.1 Å². The number of nitrogens with zero attached hydrogens (tertiary/aromatic N) is 2. The number of carbonyl (C=O) groups excluding carboxylic acids is 1. The second-order valence-electron chi connectivity index (χ2n) is 7.32. The Morgan fingerprint density at radius 1 is 1.18 bits per heavy atom. The van der Waals surface area contributed by atoms with E-state index in [0.29, 0.717) is 19.0 Å². The first-order valence-corrected chi connectivity index (χ1v) is 8.46. The Morgan fingerprint density at radius 2 is 1.95 bits per heavy atom. The van der Waals surface area contributed by atoms with Crippen molar-refractivity contribution in [1.29, 1.82) is 0 Å². The Labute approximate surface area is 129 Å². The maximum Gasteiger partial charge on any atom is 0.389 e. The molecule has 0 aromatic carbocycles. The third-order valence-corrected chi connectivity index (χ3v) is 5.37. The van der Waals surface area contributed by atoms with Crippen LogP contribution < -0.4 is 0 Å². The number of hydrogen-bond donors (Lipinski definition) is 0. The maximum absolute atomic E-state index is 12.8. The zero-order valence-electron chi connectivity index (χ0n) is 13.0. The predicted molar refractivity (Wildman–Crippen MR) is 77.3 cm³/mol. The van der Waals surface area contributed by atoms with E-state index in [1.54, 1.807) is 0 Å². The molecule has 1 amide bonds. The molecule has 1 aliphatic carbocycles. The third kappa shape index (κ3) is 3.76. The molecule has 3 nitrogen and oxygen atoms in total. The van der Waals surface area contributed by atoms with Crippen molar-refractivity contribution in [3.05, 3.63) is 0 Å². The van der Waals surface area contributed by atoms with Gasteiger partial charge >= 0.3 is 6.18 Å². The van der Waals surface area contributed by atoms with Gasteiger partial charge in [-0.1, -0.05) is 0 Å². The lowest BCUT2D eigenvalue weighted by atomic mass is 9.78. The smallest absolute Gasteiger partial charge is 0.342 e. The average molecular weight is 318 g/mol. The third-order valence-electron chi connectivity index (χ3n) is 5.37. The van der Waals surface area contributed by atoms with Gasteiger partial charge in [0.05, 0.1) is 5.41 Å².